The summed E-state index contributed by atoms with van der Waals surface area (Å²) in [5.41, 5.74) is 3.38. The van der Waals surface area contributed by atoms with Crippen molar-refractivity contribution < 1.29 is 14.7 Å². The van der Waals surface area contributed by atoms with Crippen LogP contribution in [0.5, 0.6) is 0 Å². The van der Waals surface area contributed by atoms with E-state index in [1.165, 1.54) is 0 Å². The van der Waals surface area contributed by atoms with Gasteiger partial charge in [-0.05, 0) is 30.5 Å². The van der Waals surface area contributed by atoms with Crippen molar-refractivity contribution in [2.24, 2.45) is 0 Å². The molecule has 1 amide bonds. The highest BCUT2D eigenvalue weighted by Gasteiger charge is 2.16. The first-order valence-corrected chi connectivity index (χ1v) is 6.58. The molecule has 5 heteroatoms. The number of carboxylic acids is 1. The number of aliphatic carboxylic acids is 1. The van der Waals surface area contributed by atoms with Gasteiger partial charge in [0.15, 0.2) is 0 Å². The number of carboxylic acid groups (broad SMARTS) is 1. The minimum Gasteiger partial charge on any atom is -0.481 e. The molecular weight excluding hydrogens is 256 g/mol. The number of rotatable bonds is 5. The summed E-state index contributed by atoms with van der Waals surface area (Å²) in [6.45, 7) is 3.34. The molecule has 0 saturated carbocycles. The smallest absolute Gasteiger partial charge is 0.303 e. The molecule has 0 radical (unpaired) electrons. The van der Waals surface area contributed by atoms with E-state index in [1.54, 1.807) is 6.07 Å². The first-order chi connectivity index (χ1) is 9.58. The van der Waals surface area contributed by atoms with Gasteiger partial charge in [-0.3, -0.25) is 9.59 Å². The molecule has 0 atom stereocenters. The molecule has 5 nitrogen and oxygen atoms in total. The van der Waals surface area contributed by atoms with Gasteiger partial charge in [0, 0.05) is 30.8 Å². The number of para-hydroxylation sites is 1. The van der Waals surface area contributed by atoms with Gasteiger partial charge in [-0.15, -0.1) is 0 Å². The molecule has 1 saturated heterocycles. The molecule has 1 aromatic carbocycles. The highest BCUT2D eigenvalue weighted by molar-refractivity contribution is 6.04. The molecule has 1 fully saturated rings. The minimum absolute atomic E-state index is 0.0525. The molecule has 1 aliphatic rings. The van der Waals surface area contributed by atoms with Crippen LogP contribution < -0.4 is 10.6 Å². The number of anilines is 1. The SMILES string of the molecule is CC(C(=O)Nc1ccccc1CCC(=O)O)=C1CNC1. The summed E-state index contributed by atoms with van der Waals surface area (Å²) in [5.74, 6) is -0.964. The maximum atomic E-state index is 12.1. The van der Waals surface area contributed by atoms with Crippen molar-refractivity contribution in [1.82, 2.24) is 5.32 Å². The fourth-order valence-electron chi connectivity index (χ4n) is 1.99. The molecule has 20 heavy (non-hydrogen) atoms. The fourth-order valence-corrected chi connectivity index (χ4v) is 1.99. The number of carbonyl (C=O) groups is 2. The normalized spacial score (nSPS) is 13.6. The lowest BCUT2D eigenvalue weighted by Gasteiger charge is -2.21. The summed E-state index contributed by atoms with van der Waals surface area (Å²) in [4.78, 5) is 22.8. The summed E-state index contributed by atoms with van der Waals surface area (Å²) in [6.07, 6.45) is 0.458. The Kier molecular flexibility index (Phi) is 4.53. The maximum absolute atomic E-state index is 12.1. The van der Waals surface area contributed by atoms with Crippen LogP contribution in [0.2, 0.25) is 0 Å². The summed E-state index contributed by atoms with van der Waals surface area (Å²) >= 11 is 0. The van der Waals surface area contributed by atoms with Crippen molar-refractivity contribution in [2.75, 3.05) is 18.4 Å². The second kappa shape index (κ2) is 6.34. The zero-order valence-electron chi connectivity index (χ0n) is 11.4. The lowest BCUT2D eigenvalue weighted by atomic mass is 10.0. The molecule has 1 heterocycles. The van der Waals surface area contributed by atoms with Crippen LogP contribution in [0, 0.1) is 0 Å². The van der Waals surface area contributed by atoms with E-state index in [0.29, 0.717) is 12.1 Å². The second-order valence-electron chi connectivity index (χ2n) is 4.84. The number of amides is 1. The molecule has 0 bridgehead atoms. The van der Waals surface area contributed by atoms with Crippen LogP contribution >= 0.6 is 0 Å². The molecule has 1 aromatic rings. The Bertz CT molecular complexity index is 558. The van der Waals surface area contributed by atoms with Crippen molar-refractivity contribution >= 4 is 17.6 Å². The minimum atomic E-state index is -0.843. The van der Waals surface area contributed by atoms with Gasteiger partial charge in [0.1, 0.15) is 0 Å². The van der Waals surface area contributed by atoms with Gasteiger partial charge >= 0.3 is 5.97 Å². The Morgan fingerprint density at radius 3 is 2.60 bits per heavy atom. The molecule has 106 valence electrons. The summed E-state index contributed by atoms with van der Waals surface area (Å²) in [7, 11) is 0. The van der Waals surface area contributed by atoms with Crippen LogP contribution in [0.15, 0.2) is 35.4 Å². The third-order valence-corrected chi connectivity index (χ3v) is 3.42. The van der Waals surface area contributed by atoms with Crippen molar-refractivity contribution in [3.8, 4) is 0 Å². The Morgan fingerprint density at radius 1 is 1.30 bits per heavy atom. The monoisotopic (exact) mass is 274 g/mol. The quantitative estimate of drug-likeness (QED) is 0.712. The first kappa shape index (κ1) is 14.3. The fraction of sp³-hybridized carbons (Fsp3) is 0.333. The molecule has 0 aliphatic carbocycles. The number of nitrogens with one attached hydrogen (secondary N) is 2. The molecule has 0 unspecified atom stereocenters. The zero-order chi connectivity index (χ0) is 14.5. The topological polar surface area (TPSA) is 78.4 Å². The van der Waals surface area contributed by atoms with Crippen LogP contribution in [0.4, 0.5) is 5.69 Å². The molecular formula is C15H18N2O3. The Hall–Kier alpha value is -2.14. The molecule has 0 spiro atoms. The molecule has 2 rings (SSSR count). The van der Waals surface area contributed by atoms with E-state index in [4.69, 9.17) is 5.11 Å². The second-order valence-corrected chi connectivity index (χ2v) is 4.84. The average Bonchev–Trinajstić information content (AvgIpc) is 2.35. The number of hydrogen-bond acceptors (Lipinski definition) is 3. The van der Waals surface area contributed by atoms with Gasteiger partial charge < -0.3 is 15.7 Å². The standard InChI is InChI=1S/C15H18N2O3/c1-10(12-8-16-9-12)15(20)17-13-5-3-2-4-11(13)6-7-14(18)19/h2-5,16H,6-9H2,1H3,(H,17,20)(H,18,19). The van der Waals surface area contributed by atoms with Gasteiger partial charge in [-0.1, -0.05) is 18.2 Å². The lowest BCUT2D eigenvalue weighted by molar-refractivity contribution is -0.136. The Labute approximate surface area is 117 Å². The van der Waals surface area contributed by atoms with Gasteiger partial charge in [-0.25, -0.2) is 0 Å². The molecule has 0 aromatic heterocycles. The van der Waals surface area contributed by atoms with Crippen molar-refractivity contribution in [1.29, 1.82) is 0 Å². The van der Waals surface area contributed by atoms with E-state index in [2.05, 4.69) is 10.6 Å². The summed E-state index contributed by atoms with van der Waals surface area (Å²) in [5, 5.41) is 14.7. The molecule has 3 N–H and O–H groups in total. The number of hydrogen-bond donors (Lipinski definition) is 3. The van der Waals surface area contributed by atoms with Crippen LogP contribution in [0.3, 0.4) is 0 Å². The Balaban J connectivity index is 2.08. The molecule has 1 aliphatic heterocycles. The van der Waals surface area contributed by atoms with E-state index < -0.39 is 5.97 Å². The summed E-state index contributed by atoms with van der Waals surface area (Å²) in [6, 6.07) is 7.30. The maximum Gasteiger partial charge on any atom is 0.303 e. The largest absolute Gasteiger partial charge is 0.481 e. The van der Waals surface area contributed by atoms with Gasteiger partial charge in [0.2, 0.25) is 0 Å². The van der Waals surface area contributed by atoms with E-state index in [-0.39, 0.29) is 12.3 Å². The lowest BCUT2D eigenvalue weighted by Crippen LogP contribution is -2.36. The third kappa shape index (κ3) is 3.45. The number of carbonyl (C=O) groups excluding carboxylic acids is 1. The van der Waals surface area contributed by atoms with Crippen molar-refractivity contribution in [2.45, 2.75) is 19.8 Å². The highest BCUT2D eigenvalue weighted by atomic mass is 16.4. The van der Waals surface area contributed by atoms with Gasteiger partial charge in [0.05, 0.1) is 0 Å². The number of aryl methyl sites for hydroxylation is 1. The third-order valence-electron chi connectivity index (χ3n) is 3.42. The zero-order valence-corrected chi connectivity index (χ0v) is 11.4. The van der Waals surface area contributed by atoms with E-state index in [9.17, 15) is 9.59 Å². The van der Waals surface area contributed by atoms with Crippen LogP contribution in [0.25, 0.3) is 0 Å². The van der Waals surface area contributed by atoms with E-state index in [1.807, 2.05) is 25.1 Å². The first-order valence-electron chi connectivity index (χ1n) is 6.58. The Morgan fingerprint density at radius 2 is 2.00 bits per heavy atom. The van der Waals surface area contributed by atoms with Gasteiger partial charge in [0.25, 0.3) is 5.91 Å². The number of benzene rings is 1. The van der Waals surface area contributed by atoms with Crippen molar-refractivity contribution in [3.63, 3.8) is 0 Å². The van der Waals surface area contributed by atoms with Crippen LogP contribution in [0.1, 0.15) is 18.9 Å². The predicted molar refractivity (Wildman–Crippen MR) is 76.6 cm³/mol. The van der Waals surface area contributed by atoms with Crippen LogP contribution in [-0.2, 0) is 16.0 Å². The van der Waals surface area contributed by atoms with Crippen molar-refractivity contribution in [3.05, 3.63) is 41.0 Å². The van der Waals surface area contributed by atoms with E-state index >= 15 is 0 Å². The summed E-state index contributed by atoms with van der Waals surface area (Å²) < 4.78 is 0. The predicted octanol–water partition coefficient (Wildman–Crippen LogP) is 1.56. The average molecular weight is 274 g/mol. The van der Waals surface area contributed by atoms with E-state index in [0.717, 1.165) is 29.8 Å². The van der Waals surface area contributed by atoms with Crippen LogP contribution in [-0.4, -0.2) is 30.1 Å². The van der Waals surface area contributed by atoms with Gasteiger partial charge in [-0.2, -0.15) is 0 Å². The highest BCUT2D eigenvalue weighted by Crippen LogP contribution is 2.19.